The number of hydrazine groups is 1. The maximum atomic E-state index is 5.88. The molecule has 0 heterocycles. The van der Waals surface area contributed by atoms with Crippen LogP contribution in [0.5, 0.6) is 5.75 Å². The van der Waals surface area contributed by atoms with Gasteiger partial charge in [0.05, 0.1) is 12.7 Å². The Morgan fingerprint density at radius 1 is 1.56 bits per heavy atom. The van der Waals surface area contributed by atoms with E-state index in [1.54, 1.807) is 19.2 Å². The SMILES string of the molecule is CCCN=C(NN)c1ccc(Cl)cc1OC. The molecule has 0 atom stereocenters. The minimum atomic E-state index is 0.607. The summed E-state index contributed by atoms with van der Waals surface area (Å²) in [6.45, 7) is 2.77. The van der Waals surface area contributed by atoms with Gasteiger partial charge in [-0.2, -0.15) is 0 Å². The number of nitrogens with two attached hydrogens (primary N) is 1. The van der Waals surface area contributed by atoms with Crippen LogP contribution in [0.3, 0.4) is 0 Å². The van der Waals surface area contributed by atoms with E-state index in [0.29, 0.717) is 23.2 Å². The number of nitrogens with zero attached hydrogens (tertiary/aromatic N) is 1. The number of hydrogen-bond acceptors (Lipinski definition) is 3. The van der Waals surface area contributed by atoms with Crippen LogP contribution >= 0.6 is 11.6 Å². The molecule has 1 aromatic rings. The molecular formula is C11H16ClN3O. The Labute approximate surface area is 100 Å². The summed E-state index contributed by atoms with van der Waals surface area (Å²) >= 11 is 5.88. The minimum absolute atomic E-state index is 0.607. The van der Waals surface area contributed by atoms with Crippen LogP contribution < -0.4 is 16.0 Å². The van der Waals surface area contributed by atoms with Gasteiger partial charge >= 0.3 is 0 Å². The Bertz CT molecular complexity index is 379. The second-order valence-electron chi connectivity index (χ2n) is 3.22. The molecule has 0 saturated carbocycles. The van der Waals surface area contributed by atoms with Crippen LogP contribution in [-0.2, 0) is 0 Å². The van der Waals surface area contributed by atoms with Gasteiger partial charge in [0.2, 0.25) is 0 Å². The second-order valence-corrected chi connectivity index (χ2v) is 3.66. The Hall–Kier alpha value is -1.26. The first-order valence-corrected chi connectivity index (χ1v) is 5.45. The van der Waals surface area contributed by atoms with E-state index in [9.17, 15) is 0 Å². The third-order valence-corrected chi connectivity index (χ3v) is 2.28. The van der Waals surface area contributed by atoms with Crippen molar-refractivity contribution < 1.29 is 4.74 Å². The van der Waals surface area contributed by atoms with Crippen molar-refractivity contribution in [1.29, 1.82) is 0 Å². The molecule has 0 radical (unpaired) electrons. The van der Waals surface area contributed by atoms with Gasteiger partial charge in [-0.05, 0) is 24.6 Å². The van der Waals surface area contributed by atoms with Crippen molar-refractivity contribution in [2.24, 2.45) is 10.8 Å². The monoisotopic (exact) mass is 241 g/mol. The Morgan fingerprint density at radius 2 is 2.31 bits per heavy atom. The molecule has 0 aliphatic heterocycles. The van der Waals surface area contributed by atoms with Crippen LogP contribution in [0.1, 0.15) is 18.9 Å². The van der Waals surface area contributed by atoms with Gasteiger partial charge in [-0.25, -0.2) is 5.84 Å². The summed E-state index contributed by atoms with van der Waals surface area (Å²) < 4.78 is 5.23. The van der Waals surface area contributed by atoms with Gasteiger partial charge in [0.25, 0.3) is 0 Å². The Balaban J connectivity index is 3.09. The summed E-state index contributed by atoms with van der Waals surface area (Å²) in [6.07, 6.45) is 0.959. The highest BCUT2D eigenvalue weighted by Gasteiger charge is 2.09. The third-order valence-electron chi connectivity index (χ3n) is 2.05. The number of rotatable bonds is 4. The van der Waals surface area contributed by atoms with Gasteiger partial charge < -0.3 is 10.2 Å². The Kier molecular flexibility index (Phi) is 5.08. The molecule has 16 heavy (non-hydrogen) atoms. The van der Waals surface area contributed by atoms with Crippen LogP contribution in [0.15, 0.2) is 23.2 Å². The molecular weight excluding hydrogens is 226 g/mol. The van der Waals surface area contributed by atoms with Gasteiger partial charge in [0.15, 0.2) is 0 Å². The van der Waals surface area contributed by atoms with E-state index in [1.807, 2.05) is 6.07 Å². The zero-order chi connectivity index (χ0) is 12.0. The highest BCUT2D eigenvalue weighted by atomic mass is 35.5. The van der Waals surface area contributed by atoms with E-state index >= 15 is 0 Å². The first-order valence-electron chi connectivity index (χ1n) is 5.08. The maximum Gasteiger partial charge on any atom is 0.146 e. The fourth-order valence-electron chi connectivity index (χ4n) is 1.29. The van der Waals surface area contributed by atoms with E-state index in [-0.39, 0.29) is 0 Å². The number of aliphatic imine (C=N–C) groups is 1. The predicted octanol–water partition coefficient (Wildman–Crippen LogP) is 1.97. The normalized spacial score (nSPS) is 11.4. The average molecular weight is 242 g/mol. The quantitative estimate of drug-likeness (QED) is 0.367. The lowest BCUT2D eigenvalue weighted by Gasteiger charge is -2.11. The fourth-order valence-corrected chi connectivity index (χ4v) is 1.45. The van der Waals surface area contributed by atoms with Gasteiger partial charge in [-0.3, -0.25) is 4.99 Å². The zero-order valence-electron chi connectivity index (χ0n) is 9.46. The van der Waals surface area contributed by atoms with E-state index in [1.165, 1.54) is 0 Å². The molecule has 1 aromatic carbocycles. The van der Waals surface area contributed by atoms with E-state index < -0.39 is 0 Å². The maximum absolute atomic E-state index is 5.88. The molecule has 88 valence electrons. The van der Waals surface area contributed by atoms with Gasteiger partial charge in [0.1, 0.15) is 11.6 Å². The van der Waals surface area contributed by atoms with Crippen LogP contribution in [-0.4, -0.2) is 19.5 Å². The van der Waals surface area contributed by atoms with Gasteiger partial charge in [-0.1, -0.05) is 18.5 Å². The van der Waals surface area contributed by atoms with Gasteiger partial charge in [-0.15, -0.1) is 0 Å². The first-order chi connectivity index (χ1) is 7.72. The van der Waals surface area contributed by atoms with E-state index in [4.69, 9.17) is 22.2 Å². The summed E-state index contributed by atoms with van der Waals surface area (Å²) in [5.74, 6) is 6.70. The van der Waals surface area contributed by atoms with E-state index in [2.05, 4.69) is 17.3 Å². The molecule has 0 saturated heterocycles. The zero-order valence-corrected chi connectivity index (χ0v) is 10.2. The van der Waals surface area contributed by atoms with Crippen molar-refractivity contribution in [3.05, 3.63) is 28.8 Å². The molecule has 0 unspecified atom stereocenters. The first kappa shape index (κ1) is 12.8. The number of ether oxygens (including phenoxy) is 1. The van der Waals surface area contributed by atoms with Gasteiger partial charge in [0, 0.05) is 11.6 Å². The molecule has 0 spiro atoms. The van der Waals surface area contributed by atoms with Crippen molar-refractivity contribution in [2.75, 3.05) is 13.7 Å². The number of nitrogens with one attached hydrogen (secondary N) is 1. The highest BCUT2D eigenvalue weighted by Crippen LogP contribution is 2.23. The summed E-state index contributed by atoms with van der Waals surface area (Å²) in [7, 11) is 1.59. The molecule has 0 amide bonds. The topological polar surface area (TPSA) is 59.6 Å². The molecule has 3 N–H and O–H groups in total. The largest absolute Gasteiger partial charge is 0.496 e. The summed E-state index contributed by atoms with van der Waals surface area (Å²) in [5, 5.41) is 0.618. The lowest BCUT2D eigenvalue weighted by atomic mass is 10.2. The molecule has 1 rings (SSSR count). The fraction of sp³-hybridized carbons (Fsp3) is 0.364. The molecule has 0 aliphatic carbocycles. The molecule has 0 bridgehead atoms. The average Bonchev–Trinajstić information content (AvgIpc) is 2.31. The summed E-state index contributed by atoms with van der Waals surface area (Å²) in [4.78, 5) is 4.33. The van der Waals surface area contributed by atoms with Crippen molar-refractivity contribution in [2.45, 2.75) is 13.3 Å². The van der Waals surface area contributed by atoms with Crippen LogP contribution in [0.25, 0.3) is 0 Å². The van der Waals surface area contributed by atoms with Crippen LogP contribution in [0.2, 0.25) is 5.02 Å². The Morgan fingerprint density at radius 3 is 2.88 bits per heavy atom. The predicted molar refractivity (Wildman–Crippen MR) is 67.0 cm³/mol. The lowest BCUT2D eigenvalue weighted by molar-refractivity contribution is 0.413. The number of methoxy groups -OCH3 is 1. The minimum Gasteiger partial charge on any atom is -0.496 e. The highest BCUT2D eigenvalue weighted by molar-refractivity contribution is 6.30. The molecule has 4 nitrogen and oxygen atoms in total. The number of halogens is 1. The standard InChI is InChI=1S/C11H16ClN3O/c1-3-6-14-11(15-13)9-5-4-8(12)7-10(9)16-2/h4-5,7H,3,6,13H2,1-2H3,(H,14,15). The van der Waals surface area contributed by atoms with Crippen molar-refractivity contribution in [3.63, 3.8) is 0 Å². The molecule has 0 aromatic heterocycles. The van der Waals surface area contributed by atoms with Crippen molar-refractivity contribution >= 4 is 17.4 Å². The van der Waals surface area contributed by atoms with Crippen LogP contribution in [0, 0.1) is 0 Å². The molecule has 0 aliphatic rings. The molecule has 5 heteroatoms. The number of benzene rings is 1. The van der Waals surface area contributed by atoms with Crippen molar-refractivity contribution in [1.82, 2.24) is 5.43 Å². The second kappa shape index (κ2) is 6.35. The number of hydrogen-bond donors (Lipinski definition) is 2. The van der Waals surface area contributed by atoms with Crippen molar-refractivity contribution in [3.8, 4) is 5.75 Å². The summed E-state index contributed by atoms with van der Waals surface area (Å²) in [5.41, 5.74) is 3.38. The lowest BCUT2D eigenvalue weighted by Crippen LogP contribution is -2.31. The van der Waals surface area contributed by atoms with E-state index in [0.717, 1.165) is 12.0 Å². The summed E-state index contributed by atoms with van der Waals surface area (Å²) in [6, 6.07) is 5.34. The number of amidine groups is 1. The smallest absolute Gasteiger partial charge is 0.146 e. The molecule has 0 fully saturated rings. The third kappa shape index (κ3) is 3.12. The van der Waals surface area contributed by atoms with Crippen LogP contribution in [0.4, 0.5) is 0 Å².